The van der Waals surface area contributed by atoms with Gasteiger partial charge in [-0.15, -0.1) is 0 Å². The number of anilines is 1. The first-order chi connectivity index (χ1) is 10.2. The lowest BCUT2D eigenvalue weighted by Gasteiger charge is -2.37. The summed E-state index contributed by atoms with van der Waals surface area (Å²) in [7, 11) is 0. The largest absolute Gasteiger partial charge is 0.395 e. The summed E-state index contributed by atoms with van der Waals surface area (Å²) in [6, 6.07) is 6.38. The third kappa shape index (κ3) is 4.02. The number of amides is 1. The summed E-state index contributed by atoms with van der Waals surface area (Å²) >= 11 is 0. The third-order valence-corrected chi connectivity index (χ3v) is 4.07. The van der Waals surface area contributed by atoms with Crippen LogP contribution < -0.4 is 4.90 Å². The normalized spacial score (nSPS) is 15.0. The van der Waals surface area contributed by atoms with E-state index in [2.05, 4.69) is 4.90 Å². The van der Waals surface area contributed by atoms with Crippen LogP contribution in [-0.4, -0.2) is 48.2 Å². The molecule has 1 N–H and O–H groups in total. The summed E-state index contributed by atoms with van der Waals surface area (Å²) in [5.74, 6) is -0.317. The van der Waals surface area contributed by atoms with Gasteiger partial charge < -0.3 is 10.0 Å². The molecule has 0 atom stereocenters. The van der Waals surface area contributed by atoms with Crippen molar-refractivity contribution in [2.24, 2.45) is 0 Å². The summed E-state index contributed by atoms with van der Waals surface area (Å²) in [5, 5.41) is 9.15. The highest BCUT2D eigenvalue weighted by Gasteiger charge is 2.27. The number of aliphatic hydroxyl groups is 1. The number of likely N-dealkylation sites (N-methyl/N-ethyl adjacent to an activating group) is 1. The van der Waals surface area contributed by atoms with Crippen LogP contribution in [0.2, 0.25) is 0 Å². The maximum Gasteiger partial charge on any atom is 0.241 e. The molecule has 4 nitrogen and oxygen atoms in total. The van der Waals surface area contributed by atoms with Crippen LogP contribution in [0.5, 0.6) is 0 Å². The molecular formula is C16H23FN2O2. The molecule has 1 aliphatic carbocycles. The summed E-state index contributed by atoms with van der Waals surface area (Å²) in [6.45, 7) is 3.34. The Morgan fingerprint density at radius 3 is 2.48 bits per heavy atom. The number of hydrogen-bond donors (Lipinski definition) is 1. The molecule has 116 valence electrons. The maximum absolute atomic E-state index is 13.0. The van der Waals surface area contributed by atoms with Crippen molar-refractivity contribution in [2.75, 3.05) is 31.1 Å². The van der Waals surface area contributed by atoms with Crippen molar-refractivity contribution in [3.8, 4) is 0 Å². The van der Waals surface area contributed by atoms with Gasteiger partial charge in [0.25, 0.3) is 0 Å². The molecule has 0 unspecified atom stereocenters. The van der Waals surface area contributed by atoms with Gasteiger partial charge in [-0.2, -0.15) is 0 Å². The van der Waals surface area contributed by atoms with E-state index in [0.717, 1.165) is 12.8 Å². The molecule has 0 heterocycles. The Morgan fingerprint density at radius 2 is 2.00 bits per heavy atom. The van der Waals surface area contributed by atoms with E-state index >= 15 is 0 Å². The van der Waals surface area contributed by atoms with Crippen LogP contribution >= 0.6 is 0 Å². The SMILES string of the molecule is CCN(C(=O)CN(CCO)C1CCC1)c1ccc(F)cc1. The summed E-state index contributed by atoms with van der Waals surface area (Å²) in [6.07, 6.45) is 3.38. The lowest BCUT2D eigenvalue weighted by atomic mass is 9.91. The van der Waals surface area contributed by atoms with Crippen LogP contribution in [0, 0.1) is 5.82 Å². The minimum atomic E-state index is -0.307. The Bertz CT molecular complexity index is 460. The number of aliphatic hydroxyl groups excluding tert-OH is 1. The molecular weight excluding hydrogens is 271 g/mol. The van der Waals surface area contributed by atoms with Crippen molar-refractivity contribution in [1.29, 1.82) is 0 Å². The van der Waals surface area contributed by atoms with Crippen LogP contribution in [0.3, 0.4) is 0 Å². The van der Waals surface area contributed by atoms with Gasteiger partial charge in [0.2, 0.25) is 5.91 Å². The summed E-state index contributed by atoms with van der Waals surface area (Å²) < 4.78 is 13.0. The lowest BCUT2D eigenvalue weighted by molar-refractivity contribution is -0.120. The number of hydrogen-bond acceptors (Lipinski definition) is 3. The first-order valence-electron chi connectivity index (χ1n) is 7.56. The van der Waals surface area contributed by atoms with Crippen molar-refractivity contribution in [3.63, 3.8) is 0 Å². The van der Waals surface area contributed by atoms with Crippen LogP contribution in [0.1, 0.15) is 26.2 Å². The van der Waals surface area contributed by atoms with E-state index in [4.69, 9.17) is 5.11 Å². The average molecular weight is 294 g/mol. The van der Waals surface area contributed by atoms with E-state index in [9.17, 15) is 9.18 Å². The second kappa shape index (κ2) is 7.52. The first kappa shape index (κ1) is 15.9. The zero-order valence-corrected chi connectivity index (χ0v) is 12.5. The van der Waals surface area contributed by atoms with Gasteiger partial charge in [-0.05, 0) is 44.0 Å². The molecule has 1 aromatic carbocycles. The number of rotatable bonds is 7. The number of carbonyl (C=O) groups excluding carboxylic acids is 1. The fourth-order valence-corrected chi connectivity index (χ4v) is 2.65. The smallest absolute Gasteiger partial charge is 0.241 e. The van der Waals surface area contributed by atoms with E-state index in [0.29, 0.717) is 31.4 Å². The molecule has 1 aliphatic rings. The summed E-state index contributed by atoms with van der Waals surface area (Å²) in [4.78, 5) is 16.2. The van der Waals surface area contributed by atoms with Gasteiger partial charge >= 0.3 is 0 Å². The predicted molar refractivity (Wildman–Crippen MR) is 80.7 cm³/mol. The van der Waals surface area contributed by atoms with Crippen LogP contribution in [0.15, 0.2) is 24.3 Å². The Morgan fingerprint density at radius 1 is 1.33 bits per heavy atom. The third-order valence-electron chi connectivity index (χ3n) is 4.07. The number of benzene rings is 1. The Hall–Kier alpha value is -1.46. The van der Waals surface area contributed by atoms with Crippen molar-refractivity contribution in [1.82, 2.24) is 4.90 Å². The van der Waals surface area contributed by atoms with Crippen LogP contribution in [-0.2, 0) is 4.79 Å². The van der Waals surface area contributed by atoms with Crippen molar-refractivity contribution in [3.05, 3.63) is 30.1 Å². The van der Waals surface area contributed by atoms with E-state index in [1.807, 2.05) is 6.92 Å². The number of carbonyl (C=O) groups is 1. The summed E-state index contributed by atoms with van der Waals surface area (Å²) in [5.41, 5.74) is 0.710. The molecule has 0 saturated heterocycles. The van der Waals surface area contributed by atoms with Gasteiger partial charge in [0.15, 0.2) is 0 Å². The van der Waals surface area contributed by atoms with Gasteiger partial charge in [-0.3, -0.25) is 9.69 Å². The van der Waals surface area contributed by atoms with Gasteiger partial charge in [-0.25, -0.2) is 4.39 Å². The Labute approximate surface area is 125 Å². The minimum Gasteiger partial charge on any atom is -0.395 e. The first-order valence-corrected chi connectivity index (χ1v) is 7.56. The molecule has 1 amide bonds. The zero-order chi connectivity index (χ0) is 15.2. The second-order valence-corrected chi connectivity index (χ2v) is 5.39. The topological polar surface area (TPSA) is 43.8 Å². The molecule has 1 fully saturated rings. The van der Waals surface area contributed by atoms with E-state index < -0.39 is 0 Å². The Kier molecular flexibility index (Phi) is 5.70. The molecule has 2 rings (SSSR count). The van der Waals surface area contributed by atoms with Crippen molar-refractivity contribution >= 4 is 11.6 Å². The van der Waals surface area contributed by atoms with E-state index in [-0.39, 0.29) is 18.3 Å². The Balaban J connectivity index is 2.02. The monoisotopic (exact) mass is 294 g/mol. The molecule has 1 aromatic rings. The molecule has 0 radical (unpaired) electrons. The molecule has 0 aliphatic heterocycles. The van der Waals surface area contributed by atoms with Gasteiger partial charge in [0.05, 0.1) is 13.2 Å². The number of halogens is 1. The highest BCUT2D eigenvalue weighted by atomic mass is 19.1. The molecule has 1 saturated carbocycles. The van der Waals surface area contributed by atoms with Gasteiger partial charge in [0, 0.05) is 24.8 Å². The lowest BCUT2D eigenvalue weighted by Crippen LogP contribution is -2.48. The maximum atomic E-state index is 13.0. The molecule has 5 heteroatoms. The fourth-order valence-electron chi connectivity index (χ4n) is 2.65. The van der Waals surface area contributed by atoms with E-state index in [1.165, 1.54) is 18.6 Å². The average Bonchev–Trinajstić information content (AvgIpc) is 2.40. The van der Waals surface area contributed by atoms with Gasteiger partial charge in [-0.1, -0.05) is 6.42 Å². The highest BCUT2D eigenvalue weighted by molar-refractivity contribution is 5.94. The standard InChI is InChI=1S/C16H23FN2O2/c1-2-19(15-8-6-13(17)7-9-15)16(21)12-18(10-11-20)14-4-3-5-14/h6-9,14,20H,2-5,10-12H2,1H3. The number of nitrogens with zero attached hydrogens (tertiary/aromatic N) is 2. The zero-order valence-electron chi connectivity index (χ0n) is 12.5. The highest BCUT2D eigenvalue weighted by Crippen LogP contribution is 2.25. The second-order valence-electron chi connectivity index (χ2n) is 5.39. The van der Waals surface area contributed by atoms with Crippen LogP contribution in [0.4, 0.5) is 10.1 Å². The quantitative estimate of drug-likeness (QED) is 0.837. The van der Waals surface area contributed by atoms with Crippen molar-refractivity contribution < 1.29 is 14.3 Å². The molecule has 0 bridgehead atoms. The minimum absolute atomic E-state index is 0.00976. The molecule has 0 spiro atoms. The molecule has 0 aromatic heterocycles. The van der Waals surface area contributed by atoms with Gasteiger partial charge in [0.1, 0.15) is 5.82 Å². The van der Waals surface area contributed by atoms with Crippen molar-refractivity contribution in [2.45, 2.75) is 32.2 Å². The fraction of sp³-hybridized carbons (Fsp3) is 0.562. The van der Waals surface area contributed by atoms with E-state index in [1.54, 1.807) is 17.0 Å². The van der Waals surface area contributed by atoms with Crippen LogP contribution in [0.25, 0.3) is 0 Å². The molecule has 21 heavy (non-hydrogen) atoms. The predicted octanol–water partition coefficient (Wildman–Crippen LogP) is 2.03.